The molecule has 0 saturated heterocycles. The molecule has 98 valence electrons. The second-order valence-corrected chi connectivity index (χ2v) is 4.95. The zero-order valence-corrected chi connectivity index (χ0v) is 10.5. The standard InChI is InChI=1S/C14H19NO3/c1-9-7-11(17)5-6-12(9)14(18)15-13-4-2-3-10(13)8-16/h5-7,10,13,16-17H,2-4,8H2,1H3,(H,15,18)/t10-,13-/m1/s1. The quantitative estimate of drug-likeness (QED) is 0.762. The molecule has 1 aliphatic rings. The SMILES string of the molecule is Cc1cc(O)ccc1C(=O)N[C@@H]1CCC[C@@H]1CO. The summed E-state index contributed by atoms with van der Waals surface area (Å²) in [5.41, 5.74) is 1.34. The molecule has 1 fully saturated rings. The Kier molecular flexibility index (Phi) is 3.87. The van der Waals surface area contributed by atoms with Crippen LogP contribution in [0.3, 0.4) is 0 Å². The van der Waals surface area contributed by atoms with E-state index in [4.69, 9.17) is 0 Å². The molecule has 0 radical (unpaired) electrons. The number of nitrogens with one attached hydrogen (secondary N) is 1. The van der Waals surface area contributed by atoms with Crippen LogP contribution in [0.5, 0.6) is 5.75 Å². The van der Waals surface area contributed by atoms with E-state index in [-0.39, 0.29) is 30.2 Å². The maximum Gasteiger partial charge on any atom is 0.251 e. The van der Waals surface area contributed by atoms with Crippen LogP contribution in [0.25, 0.3) is 0 Å². The van der Waals surface area contributed by atoms with Crippen LogP contribution in [0.2, 0.25) is 0 Å². The Morgan fingerprint density at radius 3 is 2.89 bits per heavy atom. The third-order valence-corrected chi connectivity index (χ3v) is 3.66. The molecule has 1 aromatic carbocycles. The van der Waals surface area contributed by atoms with Gasteiger partial charge < -0.3 is 15.5 Å². The summed E-state index contributed by atoms with van der Waals surface area (Å²) < 4.78 is 0. The Balaban J connectivity index is 2.07. The average Bonchev–Trinajstić information content (AvgIpc) is 2.76. The first-order chi connectivity index (χ1) is 8.61. The van der Waals surface area contributed by atoms with Crippen molar-refractivity contribution >= 4 is 5.91 Å². The summed E-state index contributed by atoms with van der Waals surface area (Å²) in [5.74, 6) is 0.211. The lowest BCUT2D eigenvalue weighted by molar-refractivity contribution is 0.0915. The molecule has 18 heavy (non-hydrogen) atoms. The van der Waals surface area contributed by atoms with E-state index >= 15 is 0 Å². The van der Waals surface area contributed by atoms with Gasteiger partial charge in [-0.15, -0.1) is 0 Å². The lowest BCUT2D eigenvalue weighted by atomic mass is 10.0. The minimum Gasteiger partial charge on any atom is -0.508 e. The molecule has 3 N–H and O–H groups in total. The number of benzene rings is 1. The van der Waals surface area contributed by atoms with Gasteiger partial charge in [0, 0.05) is 24.1 Å². The number of aliphatic hydroxyl groups excluding tert-OH is 1. The number of rotatable bonds is 3. The van der Waals surface area contributed by atoms with Gasteiger partial charge in [0.25, 0.3) is 5.91 Å². The molecule has 1 aromatic rings. The van der Waals surface area contributed by atoms with Gasteiger partial charge in [-0.3, -0.25) is 4.79 Å². The van der Waals surface area contributed by atoms with Crippen molar-refractivity contribution in [1.29, 1.82) is 0 Å². The summed E-state index contributed by atoms with van der Waals surface area (Å²) in [6.45, 7) is 1.92. The van der Waals surface area contributed by atoms with E-state index in [1.807, 2.05) is 0 Å². The van der Waals surface area contributed by atoms with Crippen LogP contribution in [-0.2, 0) is 0 Å². The van der Waals surface area contributed by atoms with Gasteiger partial charge >= 0.3 is 0 Å². The molecule has 4 nitrogen and oxygen atoms in total. The molecule has 1 saturated carbocycles. The van der Waals surface area contributed by atoms with Gasteiger partial charge in [-0.2, -0.15) is 0 Å². The van der Waals surface area contributed by atoms with E-state index in [9.17, 15) is 15.0 Å². The second-order valence-electron chi connectivity index (χ2n) is 4.95. The Hall–Kier alpha value is -1.55. The second kappa shape index (κ2) is 5.40. The number of carbonyl (C=O) groups excluding carboxylic acids is 1. The van der Waals surface area contributed by atoms with Crippen molar-refractivity contribution in [3.63, 3.8) is 0 Å². The number of aliphatic hydroxyl groups is 1. The van der Waals surface area contributed by atoms with Gasteiger partial charge in [-0.1, -0.05) is 6.42 Å². The summed E-state index contributed by atoms with van der Waals surface area (Å²) in [7, 11) is 0. The van der Waals surface area contributed by atoms with E-state index in [0.29, 0.717) is 5.56 Å². The van der Waals surface area contributed by atoms with Crippen molar-refractivity contribution in [1.82, 2.24) is 5.32 Å². The molecule has 0 aliphatic heterocycles. The Bertz CT molecular complexity index is 445. The first-order valence-electron chi connectivity index (χ1n) is 6.33. The summed E-state index contributed by atoms with van der Waals surface area (Å²) >= 11 is 0. The minimum atomic E-state index is -0.127. The molecule has 1 amide bonds. The molecular weight excluding hydrogens is 230 g/mol. The van der Waals surface area contributed by atoms with Crippen LogP contribution in [0.4, 0.5) is 0 Å². The van der Waals surface area contributed by atoms with E-state index in [1.165, 1.54) is 6.07 Å². The van der Waals surface area contributed by atoms with Crippen LogP contribution in [-0.4, -0.2) is 28.8 Å². The summed E-state index contributed by atoms with van der Waals surface area (Å²) in [4.78, 5) is 12.1. The van der Waals surface area contributed by atoms with Crippen LogP contribution in [0, 0.1) is 12.8 Å². The van der Waals surface area contributed by atoms with Gasteiger partial charge in [-0.05, 0) is 43.5 Å². The number of amides is 1. The van der Waals surface area contributed by atoms with Crippen molar-refractivity contribution in [3.05, 3.63) is 29.3 Å². The lowest BCUT2D eigenvalue weighted by Crippen LogP contribution is -2.38. The number of aryl methyl sites for hydroxylation is 1. The molecule has 2 atom stereocenters. The first-order valence-corrected chi connectivity index (χ1v) is 6.33. The molecule has 0 spiro atoms. The topological polar surface area (TPSA) is 69.6 Å². The highest BCUT2D eigenvalue weighted by Crippen LogP contribution is 2.25. The van der Waals surface area contributed by atoms with Crippen LogP contribution >= 0.6 is 0 Å². The maximum atomic E-state index is 12.1. The lowest BCUT2D eigenvalue weighted by Gasteiger charge is -2.19. The number of aromatic hydroxyl groups is 1. The molecule has 4 heteroatoms. The van der Waals surface area contributed by atoms with Crippen molar-refractivity contribution < 1.29 is 15.0 Å². The van der Waals surface area contributed by atoms with Gasteiger partial charge in [0.15, 0.2) is 0 Å². The number of phenols is 1. The zero-order chi connectivity index (χ0) is 13.1. The molecule has 2 rings (SSSR count). The fraction of sp³-hybridized carbons (Fsp3) is 0.500. The molecular formula is C14H19NO3. The first kappa shape index (κ1) is 12.9. The smallest absolute Gasteiger partial charge is 0.251 e. The summed E-state index contributed by atoms with van der Waals surface area (Å²) in [6, 6.07) is 4.78. The highest BCUT2D eigenvalue weighted by Gasteiger charge is 2.28. The predicted octanol–water partition coefficient (Wildman–Crippen LogP) is 1.59. The van der Waals surface area contributed by atoms with Crippen LogP contribution < -0.4 is 5.32 Å². The van der Waals surface area contributed by atoms with Gasteiger partial charge in [0.2, 0.25) is 0 Å². The zero-order valence-electron chi connectivity index (χ0n) is 10.5. The van der Waals surface area contributed by atoms with Crippen molar-refractivity contribution in [3.8, 4) is 5.75 Å². The highest BCUT2D eigenvalue weighted by molar-refractivity contribution is 5.96. The third kappa shape index (κ3) is 2.64. The van der Waals surface area contributed by atoms with E-state index in [2.05, 4.69) is 5.32 Å². The number of carbonyl (C=O) groups is 1. The van der Waals surface area contributed by atoms with E-state index < -0.39 is 0 Å². The van der Waals surface area contributed by atoms with Gasteiger partial charge in [0.05, 0.1) is 0 Å². The molecule has 0 unspecified atom stereocenters. The van der Waals surface area contributed by atoms with E-state index in [0.717, 1.165) is 24.8 Å². The van der Waals surface area contributed by atoms with Crippen LogP contribution in [0.15, 0.2) is 18.2 Å². The average molecular weight is 249 g/mol. The van der Waals surface area contributed by atoms with Crippen LogP contribution in [0.1, 0.15) is 35.2 Å². The monoisotopic (exact) mass is 249 g/mol. The van der Waals surface area contributed by atoms with Crippen molar-refractivity contribution in [2.24, 2.45) is 5.92 Å². The largest absolute Gasteiger partial charge is 0.508 e. The number of phenolic OH excluding ortho intramolecular Hbond substituents is 1. The van der Waals surface area contributed by atoms with Crippen molar-refractivity contribution in [2.75, 3.05) is 6.61 Å². The van der Waals surface area contributed by atoms with Gasteiger partial charge in [-0.25, -0.2) is 0 Å². The fourth-order valence-electron chi connectivity index (χ4n) is 2.59. The third-order valence-electron chi connectivity index (χ3n) is 3.66. The molecule has 1 aliphatic carbocycles. The Labute approximate surface area is 107 Å². The van der Waals surface area contributed by atoms with Crippen molar-refractivity contribution in [2.45, 2.75) is 32.2 Å². The molecule has 0 bridgehead atoms. The van der Waals surface area contributed by atoms with Gasteiger partial charge in [0.1, 0.15) is 5.75 Å². The minimum absolute atomic E-state index is 0.0655. The normalized spacial score (nSPS) is 23.0. The number of hydrogen-bond donors (Lipinski definition) is 3. The number of hydrogen-bond acceptors (Lipinski definition) is 3. The maximum absolute atomic E-state index is 12.1. The predicted molar refractivity (Wildman–Crippen MR) is 68.5 cm³/mol. The summed E-state index contributed by atoms with van der Waals surface area (Å²) in [6.07, 6.45) is 2.94. The molecule has 0 heterocycles. The van der Waals surface area contributed by atoms with E-state index in [1.54, 1.807) is 19.1 Å². The Morgan fingerprint density at radius 1 is 1.44 bits per heavy atom. The fourth-order valence-corrected chi connectivity index (χ4v) is 2.59. The molecule has 0 aromatic heterocycles. The summed E-state index contributed by atoms with van der Waals surface area (Å²) in [5, 5.41) is 21.5. The Morgan fingerprint density at radius 2 is 2.22 bits per heavy atom. The highest BCUT2D eigenvalue weighted by atomic mass is 16.3.